The van der Waals surface area contributed by atoms with Crippen molar-refractivity contribution in [3.63, 3.8) is 0 Å². The molecule has 0 amide bonds. The first-order valence-corrected chi connectivity index (χ1v) is 7.43. The summed E-state index contributed by atoms with van der Waals surface area (Å²) in [5.74, 6) is 0.284. The van der Waals surface area contributed by atoms with E-state index in [1.807, 2.05) is 31.2 Å². The molecular formula is C19H20O4. The van der Waals surface area contributed by atoms with Crippen LogP contribution in [0.25, 0.3) is 11.1 Å². The zero-order chi connectivity index (χ0) is 16.8. The van der Waals surface area contributed by atoms with Gasteiger partial charge in [-0.25, -0.2) is 4.79 Å². The molecule has 0 aliphatic heterocycles. The van der Waals surface area contributed by atoms with Crippen molar-refractivity contribution in [2.75, 3.05) is 0 Å². The Balaban J connectivity index is 2.18. The van der Waals surface area contributed by atoms with Crippen molar-refractivity contribution in [3.05, 3.63) is 60.7 Å². The predicted molar refractivity (Wildman–Crippen MR) is 89.2 cm³/mol. The fourth-order valence-corrected chi connectivity index (χ4v) is 2.02. The summed E-state index contributed by atoms with van der Waals surface area (Å²) in [6, 6.07) is 14.4. The third-order valence-electron chi connectivity index (χ3n) is 3.24. The van der Waals surface area contributed by atoms with Crippen molar-refractivity contribution >= 4 is 5.97 Å². The molecule has 2 aromatic carbocycles. The number of para-hydroxylation sites is 1. The van der Waals surface area contributed by atoms with Gasteiger partial charge in [0.2, 0.25) is 6.29 Å². The molecule has 0 aromatic heterocycles. The first-order valence-electron chi connectivity index (χ1n) is 7.43. The maximum absolute atomic E-state index is 11.6. The van der Waals surface area contributed by atoms with Crippen molar-refractivity contribution in [1.82, 2.24) is 0 Å². The molecule has 0 spiro atoms. The third kappa shape index (κ3) is 4.36. The van der Waals surface area contributed by atoms with Crippen LogP contribution in [0.2, 0.25) is 0 Å². The van der Waals surface area contributed by atoms with E-state index < -0.39 is 12.3 Å². The largest absolute Gasteiger partial charge is 0.507 e. The van der Waals surface area contributed by atoms with Gasteiger partial charge in [0.15, 0.2) is 0 Å². The molecule has 0 bridgehead atoms. The second-order valence-electron chi connectivity index (χ2n) is 5.19. The van der Waals surface area contributed by atoms with E-state index in [2.05, 4.69) is 6.58 Å². The van der Waals surface area contributed by atoms with Crippen LogP contribution in [0, 0.1) is 0 Å². The lowest BCUT2D eigenvalue weighted by Crippen LogP contribution is -2.23. The molecule has 2 rings (SSSR count). The smallest absolute Gasteiger partial charge is 0.336 e. The molecular weight excluding hydrogens is 292 g/mol. The Morgan fingerprint density at radius 1 is 1.22 bits per heavy atom. The van der Waals surface area contributed by atoms with Gasteiger partial charge >= 0.3 is 5.97 Å². The van der Waals surface area contributed by atoms with Gasteiger partial charge in [0.05, 0.1) is 0 Å². The van der Waals surface area contributed by atoms with E-state index in [-0.39, 0.29) is 5.75 Å². The quantitative estimate of drug-likeness (QED) is 0.491. The Bertz CT molecular complexity index is 706. The Morgan fingerprint density at radius 3 is 2.61 bits per heavy atom. The van der Waals surface area contributed by atoms with E-state index in [4.69, 9.17) is 9.47 Å². The van der Waals surface area contributed by atoms with Crippen LogP contribution >= 0.6 is 0 Å². The fourth-order valence-electron chi connectivity index (χ4n) is 2.02. The zero-order valence-electron chi connectivity index (χ0n) is 13.3. The molecule has 0 aliphatic rings. The van der Waals surface area contributed by atoms with Crippen LogP contribution in [-0.4, -0.2) is 17.4 Å². The van der Waals surface area contributed by atoms with Crippen LogP contribution in [0.5, 0.6) is 11.5 Å². The van der Waals surface area contributed by atoms with E-state index in [1.54, 1.807) is 31.2 Å². The Kier molecular flexibility index (Phi) is 5.41. The highest BCUT2D eigenvalue weighted by atomic mass is 16.7. The number of phenolic OH excluding ortho intramolecular Hbond substituents is 1. The first-order chi connectivity index (χ1) is 11.0. The van der Waals surface area contributed by atoms with Gasteiger partial charge in [-0.05, 0) is 30.7 Å². The van der Waals surface area contributed by atoms with E-state index in [0.717, 1.165) is 5.56 Å². The van der Waals surface area contributed by atoms with Crippen LogP contribution in [0.15, 0.2) is 60.7 Å². The summed E-state index contributed by atoms with van der Waals surface area (Å²) >= 11 is 0. The highest BCUT2D eigenvalue weighted by Crippen LogP contribution is 2.31. The van der Waals surface area contributed by atoms with Gasteiger partial charge in [-0.2, -0.15) is 0 Å². The van der Waals surface area contributed by atoms with E-state index in [0.29, 0.717) is 23.3 Å². The maximum atomic E-state index is 11.6. The van der Waals surface area contributed by atoms with Crippen molar-refractivity contribution in [2.24, 2.45) is 0 Å². The molecule has 0 saturated carbocycles. The number of esters is 1. The molecule has 2 aromatic rings. The Labute approximate surface area is 136 Å². The normalized spacial score (nSPS) is 11.6. The molecule has 4 heteroatoms. The number of benzene rings is 2. The molecule has 0 heterocycles. The Morgan fingerprint density at radius 2 is 1.96 bits per heavy atom. The molecule has 0 fully saturated rings. The van der Waals surface area contributed by atoms with Crippen molar-refractivity contribution in [3.8, 4) is 22.6 Å². The van der Waals surface area contributed by atoms with Gasteiger partial charge < -0.3 is 14.6 Å². The summed E-state index contributed by atoms with van der Waals surface area (Å²) in [6.07, 6.45) is -0.168. The minimum absolute atomic E-state index is 0.199. The number of phenols is 1. The summed E-state index contributed by atoms with van der Waals surface area (Å²) in [5, 5.41) is 9.94. The van der Waals surface area contributed by atoms with Crippen LogP contribution in [0.3, 0.4) is 0 Å². The number of ether oxygens (including phenoxy) is 2. The van der Waals surface area contributed by atoms with Crippen molar-refractivity contribution < 1.29 is 19.4 Å². The Hall–Kier alpha value is -2.75. The van der Waals surface area contributed by atoms with E-state index >= 15 is 0 Å². The van der Waals surface area contributed by atoms with Crippen LogP contribution < -0.4 is 4.74 Å². The lowest BCUT2D eigenvalue weighted by atomic mass is 10.0. The number of aromatic hydroxyl groups is 1. The average molecular weight is 312 g/mol. The minimum atomic E-state index is -0.682. The van der Waals surface area contributed by atoms with Crippen LogP contribution in [-0.2, 0) is 9.53 Å². The van der Waals surface area contributed by atoms with Crippen molar-refractivity contribution in [2.45, 2.75) is 26.6 Å². The van der Waals surface area contributed by atoms with Gasteiger partial charge in [-0.3, -0.25) is 0 Å². The van der Waals surface area contributed by atoms with Gasteiger partial charge in [-0.1, -0.05) is 43.8 Å². The van der Waals surface area contributed by atoms with E-state index in [9.17, 15) is 9.90 Å². The SMILES string of the molecule is C=C(C)C(=O)OC(CC)Oc1cccc(-c2ccccc2O)c1. The highest BCUT2D eigenvalue weighted by Gasteiger charge is 2.15. The van der Waals surface area contributed by atoms with Crippen LogP contribution in [0.1, 0.15) is 20.3 Å². The van der Waals surface area contributed by atoms with Gasteiger partial charge in [-0.15, -0.1) is 0 Å². The van der Waals surface area contributed by atoms with Crippen molar-refractivity contribution in [1.29, 1.82) is 0 Å². The number of hydrogen-bond donors (Lipinski definition) is 1. The van der Waals surface area contributed by atoms with Gasteiger partial charge in [0.25, 0.3) is 0 Å². The summed E-state index contributed by atoms with van der Waals surface area (Å²) in [6.45, 7) is 7.01. The second-order valence-corrected chi connectivity index (χ2v) is 5.19. The predicted octanol–water partition coefficient (Wildman–Crippen LogP) is 4.29. The topological polar surface area (TPSA) is 55.8 Å². The zero-order valence-corrected chi connectivity index (χ0v) is 13.3. The molecule has 1 atom stereocenters. The second kappa shape index (κ2) is 7.49. The van der Waals surface area contributed by atoms with Crippen LogP contribution in [0.4, 0.5) is 0 Å². The summed E-state index contributed by atoms with van der Waals surface area (Å²) in [5.41, 5.74) is 1.86. The molecule has 0 aliphatic carbocycles. The molecule has 4 nitrogen and oxygen atoms in total. The average Bonchev–Trinajstić information content (AvgIpc) is 2.54. The lowest BCUT2D eigenvalue weighted by molar-refractivity contribution is -0.159. The summed E-state index contributed by atoms with van der Waals surface area (Å²) in [7, 11) is 0. The molecule has 0 radical (unpaired) electrons. The fraction of sp³-hybridized carbons (Fsp3) is 0.211. The summed E-state index contributed by atoms with van der Waals surface area (Å²) < 4.78 is 10.9. The number of carbonyl (C=O) groups excluding carboxylic acids is 1. The molecule has 23 heavy (non-hydrogen) atoms. The third-order valence-corrected chi connectivity index (χ3v) is 3.24. The summed E-state index contributed by atoms with van der Waals surface area (Å²) in [4.78, 5) is 11.6. The number of hydrogen-bond acceptors (Lipinski definition) is 4. The molecule has 1 unspecified atom stereocenters. The molecule has 120 valence electrons. The highest BCUT2D eigenvalue weighted by molar-refractivity contribution is 5.87. The molecule has 1 N–H and O–H groups in total. The number of carbonyl (C=O) groups is 1. The lowest BCUT2D eigenvalue weighted by Gasteiger charge is -2.18. The first kappa shape index (κ1) is 16.6. The maximum Gasteiger partial charge on any atom is 0.336 e. The monoisotopic (exact) mass is 312 g/mol. The van der Waals surface area contributed by atoms with Gasteiger partial charge in [0, 0.05) is 17.6 Å². The minimum Gasteiger partial charge on any atom is -0.507 e. The molecule has 0 saturated heterocycles. The van der Waals surface area contributed by atoms with Gasteiger partial charge in [0.1, 0.15) is 11.5 Å². The number of rotatable bonds is 6. The van der Waals surface area contributed by atoms with E-state index in [1.165, 1.54) is 0 Å². The standard InChI is InChI=1S/C19H20O4/c1-4-18(23-19(21)13(2)3)22-15-9-7-8-14(12-15)16-10-5-6-11-17(16)20/h5-12,18,20H,2,4H2,1,3H3.